The molecule has 2 rings (SSSR count). The smallest absolute Gasteiger partial charge is 0.125 e. The molecule has 100 valence electrons. The van der Waals surface area contributed by atoms with Gasteiger partial charge in [-0.2, -0.15) is 0 Å². The SMILES string of the molecule is CCN(CC1CCCC1NC)c1cccc(F)c1. The molecule has 0 amide bonds. The summed E-state index contributed by atoms with van der Waals surface area (Å²) in [6.45, 7) is 4.08. The minimum atomic E-state index is -0.150. The van der Waals surface area contributed by atoms with E-state index in [1.807, 2.05) is 13.1 Å². The second-order valence-corrected chi connectivity index (χ2v) is 5.10. The van der Waals surface area contributed by atoms with Crippen LogP contribution in [0, 0.1) is 11.7 Å². The lowest BCUT2D eigenvalue weighted by Gasteiger charge is -2.29. The standard InChI is InChI=1S/C15H23FN2/c1-3-18(14-8-5-7-13(16)10-14)11-12-6-4-9-15(12)17-2/h5,7-8,10,12,15,17H,3-4,6,9,11H2,1-2H3. The molecule has 0 heterocycles. The molecule has 0 spiro atoms. The van der Waals surface area contributed by atoms with Gasteiger partial charge >= 0.3 is 0 Å². The Balaban J connectivity index is 2.05. The minimum Gasteiger partial charge on any atom is -0.371 e. The maximum absolute atomic E-state index is 13.3. The maximum Gasteiger partial charge on any atom is 0.125 e. The van der Waals surface area contributed by atoms with Crippen molar-refractivity contribution < 1.29 is 4.39 Å². The highest BCUT2D eigenvalue weighted by atomic mass is 19.1. The van der Waals surface area contributed by atoms with E-state index in [0.717, 1.165) is 18.8 Å². The number of nitrogens with zero attached hydrogens (tertiary/aromatic N) is 1. The highest BCUT2D eigenvalue weighted by Crippen LogP contribution is 2.28. The average molecular weight is 250 g/mol. The van der Waals surface area contributed by atoms with Crippen LogP contribution in [0.5, 0.6) is 0 Å². The topological polar surface area (TPSA) is 15.3 Å². The Kier molecular flexibility index (Phi) is 4.59. The number of rotatable bonds is 5. The predicted octanol–water partition coefficient (Wildman–Crippen LogP) is 3.04. The molecule has 1 saturated carbocycles. The summed E-state index contributed by atoms with van der Waals surface area (Å²) < 4.78 is 13.3. The van der Waals surface area contributed by atoms with Gasteiger partial charge in [-0.25, -0.2) is 4.39 Å². The zero-order valence-corrected chi connectivity index (χ0v) is 11.3. The van der Waals surface area contributed by atoms with E-state index in [4.69, 9.17) is 0 Å². The van der Waals surface area contributed by atoms with E-state index in [-0.39, 0.29) is 5.82 Å². The first-order chi connectivity index (χ1) is 8.74. The van der Waals surface area contributed by atoms with Gasteiger partial charge in [0.25, 0.3) is 0 Å². The largest absolute Gasteiger partial charge is 0.371 e. The summed E-state index contributed by atoms with van der Waals surface area (Å²) in [5.41, 5.74) is 0.999. The van der Waals surface area contributed by atoms with Crippen LogP contribution >= 0.6 is 0 Å². The molecule has 3 heteroatoms. The Morgan fingerprint density at radius 1 is 1.39 bits per heavy atom. The lowest BCUT2D eigenvalue weighted by Crippen LogP contribution is -2.38. The van der Waals surface area contributed by atoms with E-state index in [1.54, 1.807) is 12.1 Å². The molecule has 1 aromatic rings. The Hall–Kier alpha value is -1.09. The summed E-state index contributed by atoms with van der Waals surface area (Å²) >= 11 is 0. The minimum absolute atomic E-state index is 0.150. The number of hydrogen-bond donors (Lipinski definition) is 1. The van der Waals surface area contributed by atoms with Crippen molar-refractivity contribution in [2.75, 3.05) is 25.0 Å². The number of hydrogen-bond acceptors (Lipinski definition) is 2. The van der Waals surface area contributed by atoms with Crippen LogP contribution in [0.1, 0.15) is 26.2 Å². The van der Waals surface area contributed by atoms with Gasteiger partial charge in [-0.3, -0.25) is 0 Å². The third-order valence-electron chi connectivity index (χ3n) is 4.04. The van der Waals surface area contributed by atoms with Gasteiger partial charge < -0.3 is 10.2 Å². The summed E-state index contributed by atoms with van der Waals surface area (Å²) in [5, 5.41) is 3.41. The Morgan fingerprint density at radius 3 is 2.89 bits per heavy atom. The van der Waals surface area contributed by atoms with Crippen molar-refractivity contribution in [3.05, 3.63) is 30.1 Å². The molecule has 1 N–H and O–H groups in total. The highest BCUT2D eigenvalue weighted by molar-refractivity contribution is 5.46. The summed E-state index contributed by atoms with van der Waals surface area (Å²) in [5.74, 6) is 0.528. The van der Waals surface area contributed by atoms with Crippen LogP contribution in [0.3, 0.4) is 0 Å². The Labute approximate surface area is 109 Å². The maximum atomic E-state index is 13.3. The fourth-order valence-electron chi connectivity index (χ4n) is 3.01. The van der Waals surface area contributed by atoms with Crippen LogP contribution in [0.15, 0.2) is 24.3 Å². The van der Waals surface area contributed by atoms with Gasteiger partial charge in [0.05, 0.1) is 0 Å². The molecule has 1 aliphatic carbocycles. The van der Waals surface area contributed by atoms with Crippen molar-refractivity contribution in [3.63, 3.8) is 0 Å². The summed E-state index contributed by atoms with van der Waals surface area (Å²) in [7, 11) is 2.04. The number of halogens is 1. The third kappa shape index (κ3) is 3.02. The average Bonchev–Trinajstić information content (AvgIpc) is 2.83. The molecule has 18 heavy (non-hydrogen) atoms. The van der Waals surface area contributed by atoms with E-state index >= 15 is 0 Å². The van der Waals surface area contributed by atoms with Crippen molar-refractivity contribution in [2.24, 2.45) is 5.92 Å². The second kappa shape index (κ2) is 6.19. The molecule has 0 bridgehead atoms. The lowest BCUT2D eigenvalue weighted by atomic mass is 10.0. The predicted molar refractivity (Wildman–Crippen MR) is 74.5 cm³/mol. The Bertz CT molecular complexity index is 381. The number of nitrogens with one attached hydrogen (secondary N) is 1. The molecule has 2 nitrogen and oxygen atoms in total. The van der Waals surface area contributed by atoms with Crippen LogP contribution in [0.4, 0.5) is 10.1 Å². The van der Waals surface area contributed by atoms with E-state index in [9.17, 15) is 4.39 Å². The molecule has 0 aliphatic heterocycles. The number of benzene rings is 1. The van der Waals surface area contributed by atoms with Crippen molar-refractivity contribution >= 4 is 5.69 Å². The Morgan fingerprint density at radius 2 is 2.22 bits per heavy atom. The van der Waals surface area contributed by atoms with Crippen LogP contribution in [0.2, 0.25) is 0 Å². The van der Waals surface area contributed by atoms with Crippen molar-refractivity contribution in [2.45, 2.75) is 32.2 Å². The van der Waals surface area contributed by atoms with Crippen molar-refractivity contribution in [1.82, 2.24) is 5.32 Å². The van der Waals surface area contributed by atoms with Crippen LogP contribution in [0.25, 0.3) is 0 Å². The first-order valence-corrected chi connectivity index (χ1v) is 6.92. The van der Waals surface area contributed by atoms with E-state index in [1.165, 1.54) is 25.3 Å². The highest BCUT2D eigenvalue weighted by Gasteiger charge is 2.27. The fourth-order valence-corrected chi connectivity index (χ4v) is 3.01. The van der Waals surface area contributed by atoms with Crippen molar-refractivity contribution in [1.29, 1.82) is 0 Å². The zero-order valence-electron chi connectivity index (χ0n) is 11.3. The van der Waals surface area contributed by atoms with Gasteiger partial charge in [0.15, 0.2) is 0 Å². The fraction of sp³-hybridized carbons (Fsp3) is 0.600. The van der Waals surface area contributed by atoms with Gasteiger partial charge in [0.2, 0.25) is 0 Å². The molecule has 0 radical (unpaired) electrons. The molecule has 2 atom stereocenters. The molecule has 0 saturated heterocycles. The molecule has 2 unspecified atom stereocenters. The monoisotopic (exact) mass is 250 g/mol. The first-order valence-electron chi connectivity index (χ1n) is 6.92. The number of anilines is 1. The molecular formula is C15H23FN2. The van der Waals surface area contributed by atoms with Gasteiger partial charge in [0, 0.05) is 24.8 Å². The summed E-state index contributed by atoms with van der Waals surface area (Å²) in [6.07, 6.45) is 3.84. The van der Waals surface area contributed by atoms with E-state index < -0.39 is 0 Å². The third-order valence-corrected chi connectivity index (χ3v) is 4.04. The van der Waals surface area contributed by atoms with Crippen LogP contribution in [-0.2, 0) is 0 Å². The van der Waals surface area contributed by atoms with E-state index in [2.05, 4.69) is 17.1 Å². The molecule has 1 aliphatic rings. The quantitative estimate of drug-likeness (QED) is 0.864. The molecular weight excluding hydrogens is 227 g/mol. The molecule has 1 aromatic carbocycles. The second-order valence-electron chi connectivity index (χ2n) is 5.10. The zero-order chi connectivity index (χ0) is 13.0. The van der Waals surface area contributed by atoms with Crippen LogP contribution < -0.4 is 10.2 Å². The molecule has 1 fully saturated rings. The normalized spacial score (nSPS) is 23.3. The first kappa shape index (κ1) is 13.3. The van der Waals surface area contributed by atoms with E-state index in [0.29, 0.717) is 12.0 Å². The van der Waals surface area contributed by atoms with Gasteiger partial charge in [-0.1, -0.05) is 12.5 Å². The molecule has 0 aromatic heterocycles. The van der Waals surface area contributed by atoms with Gasteiger partial charge in [0.1, 0.15) is 5.82 Å². The lowest BCUT2D eigenvalue weighted by molar-refractivity contribution is 0.423. The summed E-state index contributed by atoms with van der Waals surface area (Å²) in [4.78, 5) is 2.28. The van der Waals surface area contributed by atoms with Gasteiger partial charge in [-0.05, 0) is 50.9 Å². The van der Waals surface area contributed by atoms with Crippen LogP contribution in [-0.4, -0.2) is 26.2 Å². The van der Waals surface area contributed by atoms with Gasteiger partial charge in [-0.15, -0.1) is 0 Å². The van der Waals surface area contributed by atoms with Crippen molar-refractivity contribution in [3.8, 4) is 0 Å². The summed E-state index contributed by atoms with van der Waals surface area (Å²) in [6, 6.07) is 7.54.